The standard InChI is InChI=1S/C35H57N7O9S/c1-8-20(6)29(34(49)40-25(16-21-9-11-22(43)12-10-21)32(47)41-28(19(4)5)35(50)51)42-33(48)26(17-27(37)44)39-31(46)24(15-18(2)3)38-30(45)23(36)13-14-52-7/h9-12,18-20,23-26,28-29,43H,8,13-17,36H2,1-7H3,(H2,37,44)(H,38,45)(H,39,46)(H,40,49)(H,41,47)(H,42,48)(H,50,51)/t20-,23-,24-,25-,26-,28-,29-/m0/s1. The highest BCUT2D eigenvalue weighted by Gasteiger charge is 2.35. The summed E-state index contributed by atoms with van der Waals surface area (Å²) in [5, 5.41) is 32.2. The van der Waals surface area contributed by atoms with Crippen LogP contribution >= 0.6 is 11.8 Å². The SMILES string of the molecule is CC[C@H](C)[C@H](NC(=O)[C@H](CC(N)=O)NC(=O)[C@H](CC(C)C)NC(=O)[C@@H](N)CCSC)C(=O)N[C@@H](Cc1ccc(O)cc1)C(=O)N[C@H](C(=O)O)C(C)C. The van der Waals surface area contributed by atoms with Gasteiger partial charge in [0.15, 0.2) is 0 Å². The lowest BCUT2D eigenvalue weighted by molar-refractivity contribution is -0.143. The van der Waals surface area contributed by atoms with Gasteiger partial charge in [0.05, 0.1) is 12.5 Å². The van der Waals surface area contributed by atoms with Crippen LogP contribution in [0.25, 0.3) is 0 Å². The lowest BCUT2D eigenvalue weighted by Gasteiger charge is -2.29. The highest BCUT2D eigenvalue weighted by atomic mass is 32.2. The van der Waals surface area contributed by atoms with Crippen molar-refractivity contribution in [2.45, 2.75) is 110 Å². The van der Waals surface area contributed by atoms with Crippen LogP contribution < -0.4 is 38.1 Å². The Labute approximate surface area is 309 Å². The summed E-state index contributed by atoms with van der Waals surface area (Å²) < 4.78 is 0. The van der Waals surface area contributed by atoms with E-state index in [-0.39, 0.29) is 24.5 Å². The summed E-state index contributed by atoms with van der Waals surface area (Å²) in [6.07, 6.45) is 2.11. The number of phenols is 1. The number of rotatable bonds is 23. The molecule has 7 atom stereocenters. The highest BCUT2D eigenvalue weighted by molar-refractivity contribution is 7.98. The van der Waals surface area contributed by atoms with E-state index in [1.165, 1.54) is 36.0 Å². The number of hydrogen-bond acceptors (Lipinski definition) is 10. The fourth-order valence-corrected chi connectivity index (χ4v) is 5.59. The number of nitrogens with two attached hydrogens (primary N) is 2. The molecule has 0 aliphatic carbocycles. The summed E-state index contributed by atoms with van der Waals surface area (Å²) in [5.41, 5.74) is 12.0. The summed E-state index contributed by atoms with van der Waals surface area (Å²) in [6, 6.07) is -1.46. The van der Waals surface area contributed by atoms with Gasteiger partial charge >= 0.3 is 5.97 Å². The molecule has 0 aromatic heterocycles. The third-order valence-corrected chi connectivity index (χ3v) is 9.02. The third kappa shape index (κ3) is 15.9. The summed E-state index contributed by atoms with van der Waals surface area (Å²) in [4.78, 5) is 91.1. The molecule has 0 saturated heterocycles. The number of carbonyl (C=O) groups excluding carboxylic acids is 6. The maximum atomic E-state index is 13.8. The van der Waals surface area contributed by atoms with E-state index in [4.69, 9.17) is 11.5 Å². The van der Waals surface area contributed by atoms with Crippen molar-refractivity contribution >= 4 is 53.2 Å². The normalized spacial score (nSPS) is 15.3. The van der Waals surface area contributed by atoms with Gasteiger partial charge in [-0.05, 0) is 60.3 Å². The number of benzene rings is 1. The third-order valence-electron chi connectivity index (χ3n) is 8.38. The number of amides is 6. The van der Waals surface area contributed by atoms with E-state index >= 15 is 0 Å². The molecule has 0 saturated carbocycles. The number of aromatic hydroxyl groups is 1. The van der Waals surface area contributed by atoms with E-state index in [0.29, 0.717) is 24.2 Å². The Morgan fingerprint density at radius 3 is 1.77 bits per heavy atom. The van der Waals surface area contributed by atoms with E-state index in [1.54, 1.807) is 27.7 Å². The first-order valence-corrected chi connectivity index (χ1v) is 18.8. The first-order chi connectivity index (χ1) is 24.3. The second-order valence-electron chi connectivity index (χ2n) is 13.7. The summed E-state index contributed by atoms with van der Waals surface area (Å²) in [5.74, 6) is -6.44. The Balaban J connectivity index is 3.35. The number of phenolic OH excluding ortho intramolecular Hbond substituents is 1. The molecule has 292 valence electrons. The van der Waals surface area contributed by atoms with Gasteiger partial charge in [-0.2, -0.15) is 11.8 Å². The topological polar surface area (TPSA) is 272 Å². The Kier molecular flexibility index (Phi) is 19.8. The Morgan fingerprint density at radius 1 is 0.750 bits per heavy atom. The van der Waals surface area contributed by atoms with Crippen molar-refractivity contribution in [2.75, 3.05) is 12.0 Å². The fourth-order valence-electron chi connectivity index (χ4n) is 5.10. The summed E-state index contributed by atoms with van der Waals surface area (Å²) in [6.45, 7) is 10.3. The number of aliphatic carboxylic acids is 1. The smallest absolute Gasteiger partial charge is 0.326 e. The van der Waals surface area contributed by atoms with Crippen LogP contribution in [0.15, 0.2) is 24.3 Å². The van der Waals surface area contributed by atoms with E-state index in [1.807, 2.05) is 20.1 Å². The Bertz CT molecular complexity index is 1380. The second-order valence-corrected chi connectivity index (χ2v) is 14.7. The van der Waals surface area contributed by atoms with E-state index in [9.17, 15) is 43.8 Å². The van der Waals surface area contributed by atoms with Crippen LogP contribution in [0.1, 0.15) is 72.8 Å². The van der Waals surface area contributed by atoms with Gasteiger partial charge in [0.25, 0.3) is 0 Å². The largest absolute Gasteiger partial charge is 0.508 e. The molecular formula is C35H57N7O9S. The summed E-state index contributed by atoms with van der Waals surface area (Å²) in [7, 11) is 0. The van der Waals surface area contributed by atoms with Gasteiger partial charge in [0, 0.05) is 6.42 Å². The van der Waals surface area contributed by atoms with Gasteiger partial charge in [-0.1, -0.05) is 60.1 Å². The van der Waals surface area contributed by atoms with Crippen molar-refractivity contribution in [1.82, 2.24) is 26.6 Å². The zero-order valence-corrected chi connectivity index (χ0v) is 31.9. The minimum atomic E-state index is -1.53. The molecule has 0 bridgehead atoms. The molecule has 0 unspecified atom stereocenters. The van der Waals surface area contributed by atoms with Crippen LogP contribution in [-0.4, -0.2) is 99.9 Å². The summed E-state index contributed by atoms with van der Waals surface area (Å²) >= 11 is 1.51. The average Bonchev–Trinajstić information content (AvgIpc) is 3.06. The number of nitrogens with one attached hydrogen (secondary N) is 5. The quantitative estimate of drug-likeness (QED) is 0.0726. The van der Waals surface area contributed by atoms with Gasteiger partial charge in [-0.15, -0.1) is 0 Å². The van der Waals surface area contributed by atoms with Crippen molar-refractivity contribution < 1.29 is 43.8 Å². The Morgan fingerprint density at radius 2 is 1.27 bits per heavy atom. The molecule has 0 aliphatic rings. The molecule has 6 amide bonds. The van der Waals surface area contributed by atoms with Crippen LogP contribution in [0.4, 0.5) is 0 Å². The van der Waals surface area contributed by atoms with Crippen LogP contribution in [0.2, 0.25) is 0 Å². The zero-order valence-electron chi connectivity index (χ0n) is 31.1. The van der Waals surface area contributed by atoms with Crippen molar-refractivity contribution in [2.24, 2.45) is 29.2 Å². The molecule has 0 spiro atoms. The molecule has 17 heteroatoms. The lowest BCUT2D eigenvalue weighted by atomic mass is 9.96. The lowest BCUT2D eigenvalue weighted by Crippen LogP contribution is -2.61. The van der Waals surface area contributed by atoms with Gasteiger partial charge in [-0.3, -0.25) is 28.8 Å². The number of carbonyl (C=O) groups is 7. The maximum absolute atomic E-state index is 13.8. The van der Waals surface area contributed by atoms with E-state index in [2.05, 4.69) is 26.6 Å². The van der Waals surface area contributed by atoms with E-state index in [0.717, 1.165) is 0 Å². The van der Waals surface area contributed by atoms with Crippen LogP contribution in [-0.2, 0) is 40.0 Å². The van der Waals surface area contributed by atoms with Crippen molar-refractivity contribution in [3.8, 4) is 5.75 Å². The molecule has 0 aliphatic heterocycles. The number of primary amides is 1. The van der Waals surface area contributed by atoms with Crippen LogP contribution in [0.3, 0.4) is 0 Å². The minimum absolute atomic E-state index is 0.0238. The second kappa shape index (κ2) is 22.5. The molecule has 11 N–H and O–H groups in total. The molecule has 1 aromatic carbocycles. The monoisotopic (exact) mass is 751 g/mol. The van der Waals surface area contributed by atoms with Crippen LogP contribution in [0.5, 0.6) is 5.75 Å². The van der Waals surface area contributed by atoms with Gasteiger partial charge in [0.1, 0.15) is 36.0 Å². The van der Waals surface area contributed by atoms with Gasteiger partial charge in [-0.25, -0.2) is 4.79 Å². The Hall–Kier alpha value is -4.38. The predicted octanol–water partition coefficient (Wildman–Crippen LogP) is 0.147. The maximum Gasteiger partial charge on any atom is 0.326 e. The van der Waals surface area contributed by atoms with Gasteiger partial charge < -0.3 is 48.3 Å². The first kappa shape index (κ1) is 45.6. The predicted molar refractivity (Wildman–Crippen MR) is 198 cm³/mol. The molecule has 1 aromatic rings. The number of thioether (sulfide) groups is 1. The number of carboxylic acids is 1. The molecule has 0 fully saturated rings. The molecule has 52 heavy (non-hydrogen) atoms. The minimum Gasteiger partial charge on any atom is -0.508 e. The van der Waals surface area contributed by atoms with Crippen LogP contribution in [0, 0.1) is 17.8 Å². The van der Waals surface area contributed by atoms with E-state index < -0.39 is 95.9 Å². The van der Waals surface area contributed by atoms with Crippen molar-refractivity contribution in [1.29, 1.82) is 0 Å². The molecular weight excluding hydrogens is 694 g/mol. The molecule has 16 nitrogen and oxygen atoms in total. The average molecular weight is 752 g/mol. The molecule has 0 radical (unpaired) electrons. The zero-order chi connectivity index (χ0) is 39.7. The highest BCUT2D eigenvalue weighted by Crippen LogP contribution is 2.15. The molecule has 1 rings (SSSR count). The number of hydrogen-bond donors (Lipinski definition) is 9. The first-order valence-electron chi connectivity index (χ1n) is 17.4. The van der Waals surface area contributed by atoms with Crippen molar-refractivity contribution in [3.63, 3.8) is 0 Å². The van der Waals surface area contributed by atoms with Crippen molar-refractivity contribution in [3.05, 3.63) is 29.8 Å². The molecule has 0 heterocycles. The fraction of sp³-hybridized carbons (Fsp3) is 0.629. The van der Waals surface area contributed by atoms with Gasteiger partial charge in [0.2, 0.25) is 35.4 Å². The number of carboxylic acid groups (broad SMARTS) is 1.